The van der Waals surface area contributed by atoms with Crippen LogP contribution >= 0.6 is 11.6 Å². The van der Waals surface area contributed by atoms with Crippen molar-refractivity contribution in [1.82, 2.24) is 9.78 Å². The van der Waals surface area contributed by atoms with Crippen LogP contribution in [0.25, 0.3) is 5.69 Å². The molecular formula is C16H18ClN3O4. The third-order valence-electron chi connectivity index (χ3n) is 3.28. The Bertz CT molecular complexity index is 791. The number of halogens is 1. The van der Waals surface area contributed by atoms with E-state index in [0.717, 1.165) is 4.68 Å². The van der Waals surface area contributed by atoms with Crippen LogP contribution in [-0.4, -0.2) is 42.6 Å². The molecule has 0 radical (unpaired) electrons. The second kappa shape index (κ2) is 7.94. The Kier molecular flexibility index (Phi) is 5.94. The molecule has 2 rings (SSSR count). The van der Waals surface area contributed by atoms with E-state index in [2.05, 4.69) is 10.4 Å². The number of ether oxygens (including phenoxy) is 2. The summed E-state index contributed by atoms with van der Waals surface area (Å²) in [5.41, 5.74) is 0.382. The second-order valence-corrected chi connectivity index (χ2v) is 5.48. The van der Waals surface area contributed by atoms with Gasteiger partial charge in [-0.1, -0.05) is 23.7 Å². The average Bonchev–Trinajstić information content (AvgIpc) is 2.59. The molecule has 0 saturated carbocycles. The van der Waals surface area contributed by atoms with Crippen LogP contribution in [0.1, 0.15) is 17.3 Å². The summed E-state index contributed by atoms with van der Waals surface area (Å²) < 4.78 is 10.8. The number of aromatic nitrogens is 2. The van der Waals surface area contributed by atoms with Gasteiger partial charge in [0.15, 0.2) is 0 Å². The van der Waals surface area contributed by atoms with Crippen LogP contribution in [0.3, 0.4) is 0 Å². The average molecular weight is 352 g/mol. The van der Waals surface area contributed by atoms with E-state index in [4.69, 9.17) is 21.1 Å². The molecule has 0 aliphatic rings. The molecule has 8 heteroatoms. The number of anilines is 1. The van der Waals surface area contributed by atoms with Crippen molar-refractivity contribution in [3.8, 4) is 5.69 Å². The quantitative estimate of drug-likeness (QED) is 0.803. The molecule has 0 aliphatic carbocycles. The lowest BCUT2D eigenvalue weighted by Crippen LogP contribution is -2.27. The summed E-state index contributed by atoms with van der Waals surface area (Å²) in [5.74, 6) is -0.564. The molecule has 24 heavy (non-hydrogen) atoms. The summed E-state index contributed by atoms with van der Waals surface area (Å²) >= 11 is 6.17. The Morgan fingerprint density at radius 3 is 2.75 bits per heavy atom. The summed E-state index contributed by atoms with van der Waals surface area (Å²) in [4.78, 5) is 24.4. The maximum Gasteiger partial charge on any atom is 0.340 e. The molecule has 7 nitrogen and oxygen atoms in total. The van der Waals surface area contributed by atoms with Gasteiger partial charge < -0.3 is 14.8 Å². The smallest absolute Gasteiger partial charge is 0.340 e. The predicted molar refractivity (Wildman–Crippen MR) is 91.1 cm³/mol. The van der Waals surface area contributed by atoms with E-state index in [0.29, 0.717) is 18.0 Å². The highest BCUT2D eigenvalue weighted by Gasteiger charge is 2.17. The maximum absolute atomic E-state index is 12.5. The Hall–Kier alpha value is -2.38. The van der Waals surface area contributed by atoms with Gasteiger partial charge in [0.25, 0.3) is 5.56 Å². The van der Waals surface area contributed by atoms with Crippen molar-refractivity contribution in [2.45, 2.75) is 13.0 Å². The lowest BCUT2D eigenvalue weighted by atomic mass is 10.2. The minimum absolute atomic E-state index is 0.0207. The highest BCUT2D eigenvalue weighted by molar-refractivity contribution is 6.33. The van der Waals surface area contributed by atoms with Gasteiger partial charge in [-0.25, -0.2) is 4.79 Å². The Morgan fingerprint density at radius 1 is 1.38 bits per heavy atom. The number of rotatable bonds is 6. The number of hydrogen-bond acceptors (Lipinski definition) is 6. The number of nitrogens with zero attached hydrogens (tertiary/aromatic N) is 2. The van der Waals surface area contributed by atoms with Crippen LogP contribution in [0.5, 0.6) is 0 Å². The second-order valence-electron chi connectivity index (χ2n) is 5.10. The molecule has 0 amide bonds. The summed E-state index contributed by atoms with van der Waals surface area (Å²) in [7, 11) is 2.85. The molecule has 1 N–H and O–H groups in total. The van der Waals surface area contributed by atoms with Crippen molar-refractivity contribution in [3.05, 3.63) is 51.4 Å². The van der Waals surface area contributed by atoms with Gasteiger partial charge in [0.2, 0.25) is 0 Å². The minimum Gasteiger partial charge on any atom is -0.465 e. The monoisotopic (exact) mass is 351 g/mol. The third-order valence-corrected chi connectivity index (χ3v) is 3.64. The minimum atomic E-state index is -0.564. The van der Waals surface area contributed by atoms with Crippen molar-refractivity contribution in [2.75, 3.05) is 26.1 Å². The highest BCUT2D eigenvalue weighted by atomic mass is 35.5. The summed E-state index contributed by atoms with van der Waals surface area (Å²) in [6.07, 6.45) is 1.43. The largest absolute Gasteiger partial charge is 0.465 e. The van der Waals surface area contributed by atoms with Crippen molar-refractivity contribution >= 4 is 23.3 Å². The summed E-state index contributed by atoms with van der Waals surface area (Å²) in [5, 5.41) is 7.14. The zero-order chi connectivity index (χ0) is 17.7. The van der Waals surface area contributed by atoms with E-state index < -0.39 is 11.5 Å². The number of para-hydroxylation sites is 1. The number of esters is 1. The van der Waals surface area contributed by atoms with E-state index in [9.17, 15) is 9.59 Å². The summed E-state index contributed by atoms with van der Waals surface area (Å²) in [6, 6.07) is 6.46. The predicted octanol–water partition coefficient (Wildman–Crippen LogP) is 2.12. The molecular weight excluding hydrogens is 334 g/mol. The SMILES string of the molecule is COC[C@@H](C)Nc1cnn(-c2ccccc2C(=O)OC)c(=O)c1Cl. The maximum atomic E-state index is 12.5. The molecule has 1 aromatic carbocycles. The highest BCUT2D eigenvalue weighted by Crippen LogP contribution is 2.19. The number of carbonyl (C=O) groups excluding carboxylic acids is 1. The van der Waals surface area contributed by atoms with E-state index in [1.807, 2.05) is 6.92 Å². The number of nitrogens with one attached hydrogen (secondary N) is 1. The molecule has 0 bridgehead atoms. The van der Waals surface area contributed by atoms with E-state index in [1.165, 1.54) is 13.3 Å². The van der Waals surface area contributed by atoms with Gasteiger partial charge in [-0.15, -0.1) is 0 Å². The number of hydrogen-bond donors (Lipinski definition) is 1. The van der Waals surface area contributed by atoms with Gasteiger partial charge >= 0.3 is 5.97 Å². The fourth-order valence-electron chi connectivity index (χ4n) is 2.20. The van der Waals surface area contributed by atoms with Crippen molar-refractivity contribution in [3.63, 3.8) is 0 Å². The van der Waals surface area contributed by atoms with Crippen molar-refractivity contribution < 1.29 is 14.3 Å². The van der Waals surface area contributed by atoms with E-state index in [-0.39, 0.29) is 16.6 Å². The van der Waals surface area contributed by atoms with Crippen LogP contribution in [0.2, 0.25) is 5.02 Å². The van der Waals surface area contributed by atoms with Gasteiger partial charge in [-0.3, -0.25) is 4.79 Å². The lowest BCUT2D eigenvalue weighted by Gasteiger charge is -2.16. The molecule has 2 aromatic rings. The molecule has 0 aliphatic heterocycles. The fourth-order valence-corrected chi connectivity index (χ4v) is 2.39. The van der Waals surface area contributed by atoms with Gasteiger partial charge in [-0.2, -0.15) is 9.78 Å². The fraction of sp³-hybridized carbons (Fsp3) is 0.312. The molecule has 0 spiro atoms. The molecule has 0 fully saturated rings. The Balaban J connectivity index is 2.46. The number of methoxy groups -OCH3 is 2. The zero-order valence-electron chi connectivity index (χ0n) is 13.6. The molecule has 1 heterocycles. The van der Waals surface area contributed by atoms with Crippen LogP contribution in [-0.2, 0) is 9.47 Å². The first-order valence-electron chi connectivity index (χ1n) is 7.20. The first-order chi connectivity index (χ1) is 11.5. The van der Waals surface area contributed by atoms with Crippen LogP contribution < -0.4 is 10.9 Å². The van der Waals surface area contributed by atoms with Gasteiger partial charge in [-0.05, 0) is 19.1 Å². The van der Waals surface area contributed by atoms with Gasteiger partial charge in [0.1, 0.15) is 5.02 Å². The molecule has 1 atom stereocenters. The Morgan fingerprint density at radius 2 is 2.08 bits per heavy atom. The van der Waals surface area contributed by atoms with E-state index in [1.54, 1.807) is 31.4 Å². The van der Waals surface area contributed by atoms with Gasteiger partial charge in [0.05, 0.1) is 36.9 Å². The first-order valence-corrected chi connectivity index (χ1v) is 7.58. The van der Waals surface area contributed by atoms with Crippen LogP contribution in [0.15, 0.2) is 35.3 Å². The Labute approximate surface area is 144 Å². The third kappa shape index (κ3) is 3.74. The van der Waals surface area contributed by atoms with Crippen LogP contribution in [0.4, 0.5) is 5.69 Å². The standard InChI is InChI=1S/C16H18ClN3O4/c1-10(9-23-2)19-12-8-18-20(15(21)14(12)17)13-7-5-4-6-11(13)16(22)24-3/h4-8,10,19H,9H2,1-3H3/t10-/m1/s1. The van der Waals surface area contributed by atoms with Crippen LogP contribution in [0, 0.1) is 0 Å². The molecule has 0 unspecified atom stereocenters. The first kappa shape index (κ1) is 18.0. The number of carbonyl (C=O) groups is 1. The summed E-state index contributed by atoms with van der Waals surface area (Å²) in [6.45, 7) is 2.34. The zero-order valence-corrected chi connectivity index (χ0v) is 14.3. The normalized spacial score (nSPS) is 11.8. The van der Waals surface area contributed by atoms with Crippen molar-refractivity contribution in [2.24, 2.45) is 0 Å². The topological polar surface area (TPSA) is 82.4 Å². The van der Waals surface area contributed by atoms with E-state index >= 15 is 0 Å². The molecule has 128 valence electrons. The molecule has 0 saturated heterocycles. The van der Waals surface area contributed by atoms with Gasteiger partial charge in [0, 0.05) is 13.2 Å². The van der Waals surface area contributed by atoms with Crippen molar-refractivity contribution in [1.29, 1.82) is 0 Å². The molecule has 1 aromatic heterocycles. The number of benzene rings is 1. The lowest BCUT2D eigenvalue weighted by molar-refractivity contribution is 0.0600.